The van der Waals surface area contributed by atoms with E-state index in [2.05, 4.69) is 52.8 Å². The number of aliphatic hydroxyl groups excluding tert-OH is 1. The van der Waals surface area contributed by atoms with Gasteiger partial charge in [0.05, 0.1) is 39.0 Å². The molecule has 8 nitrogen and oxygen atoms in total. The second-order valence-electron chi connectivity index (χ2n) is 20.1. The number of carbonyl (C=O) groups is 2. The summed E-state index contributed by atoms with van der Waals surface area (Å²) in [6, 6.07) is 8.86. The largest absolute Gasteiger partial charge is 0.497 e. The van der Waals surface area contributed by atoms with Gasteiger partial charge in [-0.2, -0.15) is 0 Å². The molecule has 2 aromatic rings. The van der Waals surface area contributed by atoms with Gasteiger partial charge in [-0.25, -0.2) is 13.6 Å². The Labute approximate surface area is 348 Å². The van der Waals surface area contributed by atoms with Gasteiger partial charge in [0.25, 0.3) is 0 Å². The van der Waals surface area contributed by atoms with Crippen molar-refractivity contribution in [2.24, 2.45) is 51.2 Å². The van der Waals surface area contributed by atoms with Gasteiger partial charge in [-0.05, 0) is 123 Å². The van der Waals surface area contributed by atoms with Crippen molar-refractivity contribution in [2.75, 3.05) is 20.8 Å². The van der Waals surface area contributed by atoms with Gasteiger partial charge in [0.1, 0.15) is 17.6 Å². The third-order valence-corrected chi connectivity index (χ3v) is 16.9. The lowest BCUT2D eigenvalue weighted by molar-refractivity contribution is -0.175. The summed E-state index contributed by atoms with van der Waals surface area (Å²) in [4.78, 5) is 31.3. The van der Waals surface area contributed by atoms with Crippen LogP contribution in [0, 0.1) is 62.9 Å². The Balaban J connectivity index is 1.19. The summed E-state index contributed by atoms with van der Waals surface area (Å²) in [6.45, 7) is 11.2. The van der Waals surface area contributed by atoms with Gasteiger partial charge in [0.2, 0.25) is 0 Å². The molecule has 2 N–H and O–H groups in total. The highest BCUT2D eigenvalue weighted by Crippen LogP contribution is 2.78. The van der Waals surface area contributed by atoms with Gasteiger partial charge < -0.3 is 29.3 Å². The molecule has 0 aromatic heterocycles. The average Bonchev–Trinajstić information content (AvgIpc) is 3.47. The molecule has 59 heavy (non-hydrogen) atoms. The number of nitrogens with zero attached hydrogens (tertiary/aromatic N) is 1. The van der Waals surface area contributed by atoms with E-state index in [0.29, 0.717) is 67.4 Å². The molecule has 320 valence electrons. The number of ketones is 1. The molecule has 7 aliphatic carbocycles. The Morgan fingerprint density at radius 2 is 1.63 bits per heavy atom. The minimum absolute atomic E-state index is 0.00746. The van der Waals surface area contributed by atoms with Crippen LogP contribution in [0.15, 0.2) is 60.2 Å². The summed E-state index contributed by atoms with van der Waals surface area (Å²) in [5.41, 5.74) is -2.41. The molecule has 1 unspecified atom stereocenters. The van der Waals surface area contributed by atoms with Crippen LogP contribution in [0.5, 0.6) is 11.5 Å². The van der Waals surface area contributed by atoms with Crippen LogP contribution in [0.3, 0.4) is 0 Å². The summed E-state index contributed by atoms with van der Waals surface area (Å²) in [6.07, 6.45) is 12.4. The Kier molecular flexibility index (Phi) is 10.7. The Morgan fingerprint density at radius 1 is 0.898 bits per heavy atom. The number of aliphatic hydroxyl groups is 2. The molecule has 10 heteroatoms. The van der Waals surface area contributed by atoms with E-state index in [1.807, 2.05) is 12.1 Å². The first kappa shape index (κ1) is 42.0. The minimum atomic E-state index is -1.37. The summed E-state index contributed by atoms with van der Waals surface area (Å²) < 4.78 is 46.7. The van der Waals surface area contributed by atoms with Gasteiger partial charge in [-0.3, -0.25) is 4.79 Å². The van der Waals surface area contributed by atoms with Gasteiger partial charge >= 0.3 is 6.09 Å². The molecule has 2 bridgehead atoms. The maximum absolute atomic E-state index is 14.9. The number of halogens is 2. The van der Waals surface area contributed by atoms with E-state index in [4.69, 9.17) is 14.2 Å². The Morgan fingerprint density at radius 3 is 2.34 bits per heavy atom. The zero-order valence-corrected chi connectivity index (χ0v) is 35.9. The van der Waals surface area contributed by atoms with Crippen LogP contribution in [0.2, 0.25) is 0 Å². The number of ether oxygens (including phenoxy) is 3. The average molecular weight is 816 g/mol. The number of Topliss-reactive ketones (excluding diaryl/α,β-unsaturated/α-hetero) is 1. The van der Waals surface area contributed by atoms with Gasteiger partial charge in [0.15, 0.2) is 17.4 Å². The fourth-order valence-corrected chi connectivity index (χ4v) is 13.5. The fourth-order valence-electron chi connectivity index (χ4n) is 13.5. The van der Waals surface area contributed by atoms with Crippen LogP contribution in [0.4, 0.5) is 13.6 Å². The molecule has 9 rings (SSSR count). The molecule has 0 radical (unpaired) electrons. The van der Waals surface area contributed by atoms with Crippen molar-refractivity contribution in [3.05, 3.63) is 83.0 Å². The van der Waals surface area contributed by atoms with E-state index < -0.39 is 45.7 Å². The lowest BCUT2D eigenvalue weighted by atomic mass is 9.32. The molecule has 0 saturated heterocycles. The van der Waals surface area contributed by atoms with E-state index in [1.54, 1.807) is 25.2 Å². The Hall–Kier alpha value is -3.76. The maximum atomic E-state index is 14.9. The van der Waals surface area contributed by atoms with Crippen molar-refractivity contribution in [1.82, 2.24) is 4.90 Å². The van der Waals surface area contributed by atoms with Gasteiger partial charge in [-0.1, -0.05) is 59.3 Å². The van der Waals surface area contributed by atoms with E-state index in [1.165, 1.54) is 6.07 Å². The molecule has 11 atom stereocenters. The second-order valence-corrected chi connectivity index (χ2v) is 20.1. The lowest BCUT2D eigenvalue weighted by Crippen LogP contribution is -2.67. The predicted octanol–water partition coefficient (Wildman–Crippen LogP) is 9.86. The number of fused-ring (bicyclic) bond motifs is 1. The van der Waals surface area contributed by atoms with Crippen LogP contribution in [0.1, 0.15) is 115 Å². The molecule has 1 amide bonds. The highest BCUT2D eigenvalue weighted by Gasteiger charge is 2.74. The summed E-state index contributed by atoms with van der Waals surface area (Å²) in [5.74, 6) is -0.472. The fraction of sp³-hybridized carbons (Fsp3) is 0.633. The van der Waals surface area contributed by atoms with Crippen molar-refractivity contribution in [1.29, 1.82) is 0 Å². The zero-order valence-electron chi connectivity index (χ0n) is 35.9. The number of carbonyl (C=O) groups excluding carboxylic acids is 2. The van der Waals surface area contributed by atoms with Crippen molar-refractivity contribution in [3.63, 3.8) is 0 Å². The summed E-state index contributed by atoms with van der Waals surface area (Å²) in [5, 5.41) is 24.4. The molecule has 2 aromatic carbocycles. The smallest absolute Gasteiger partial charge is 0.410 e. The number of hydrogen-bond acceptors (Lipinski definition) is 7. The van der Waals surface area contributed by atoms with Gasteiger partial charge in [0, 0.05) is 39.0 Å². The number of amides is 1. The van der Waals surface area contributed by atoms with Crippen molar-refractivity contribution < 1.29 is 42.8 Å². The van der Waals surface area contributed by atoms with Crippen LogP contribution in [-0.4, -0.2) is 65.6 Å². The number of allylic oxidation sites excluding steroid dienone is 4. The lowest BCUT2D eigenvalue weighted by Gasteiger charge is -2.71. The predicted molar refractivity (Wildman–Crippen MR) is 221 cm³/mol. The first-order valence-corrected chi connectivity index (χ1v) is 21.9. The molecule has 0 heterocycles. The van der Waals surface area contributed by atoms with Crippen LogP contribution >= 0.6 is 0 Å². The molecule has 2 spiro atoms. The monoisotopic (exact) mass is 815 g/mol. The highest BCUT2D eigenvalue weighted by molar-refractivity contribution is 6.10. The molecule has 4 fully saturated rings. The van der Waals surface area contributed by atoms with Crippen LogP contribution in [-0.2, 0) is 11.3 Å². The van der Waals surface area contributed by atoms with E-state index in [-0.39, 0.29) is 53.7 Å². The van der Waals surface area contributed by atoms with Gasteiger partial charge in [-0.15, -0.1) is 0 Å². The van der Waals surface area contributed by atoms with E-state index in [9.17, 15) is 28.6 Å². The Bertz CT molecular complexity index is 2050. The SMILES string of the molecule is COc1ccc(CN(C[C@]2(O)CC[C@H]3[C@]45C=C[C@@]6(C=C4C(=O)c4ccc(F)c(F)c4)CC(O)CC[C@]6(C)[C@H]5CC[C@@]32C)C(=O)O[C@H]2C[C@@H](C)CC[C@@H]2C(C)C)c(OC)c1. The minimum Gasteiger partial charge on any atom is -0.497 e. The molecule has 0 aliphatic heterocycles. The first-order chi connectivity index (χ1) is 27.9. The van der Waals surface area contributed by atoms with Crippen LogP contribution < -0.4 is 9.47 Å². The van der Waals surface area contributed by atoms with Crippen LogP contribution in [0.25, 0.3) is 0 Å². The number of hydrogen-bond donors (Lipinski definition) is 2. The highest BCUT2D eigenvalue weighted by atomic mass is 19.2. The number of rotatable bonds is 10. The standard InChI is InChI=1S/C49H63F2NO7/c1-29(2)35-12-8-30(3)22-40(35)59-44(55)52(27-32-9-11-34(57-6)24-39(32)58-7)28-48(56)19-16-42-46(48,5)18-15-41-45(4)17-14-33(53)25-47(45)20-21-49(41,42)36(26-47)43(54)31-10-13-37(50)38(51)23-31/h9-11,13,20-21,23-24,26,29-30,33,35,40-42,53,56H,8,12,14-19,22,25,27-28H2,1-7H3/t30-,33?,35+,40-,41+,42+,45+,46-,47-,48+,49+/m0/s1. The number of benzene rings is 2. The van der Waals surface area contributed by atoms with E-state index in [0.717, 1.165) is 43.4 Å². The molecular weight excluding hydrogens is 753 g/mol. The van der Waals surface area contributed by atoms with E-state index >= 15 is 0 Å². The van der Waals surface area contributed by atoms with Crippen molar-refractivity contribution in [2.45, 2.75) is 123 Å². The molecule has 7 aliphatic rings. The maximum Gasteiger partial charge on any atom is 0.410 e. The zero-order chi connectivity index (χ0) is 42.3. The normalized spacial score (nSPS) is 38.2. The second kappa shape index (κ2) is 15.0. The number of methoxy groups -OCH3 is 2. The summed E-state index contributed by atoms with van der Waals surface area (Å²) in [7, 11) is 3.18. The van der Waals surface area contributed by atoms with Crippen molar-refractivity contribution in [3.8, 4) is 11.5 Å². The quantitative estimate of drug-likeness (QED) is 0.182. The topological polar surface area (TPSA) is 106 Å². The van der Waals surface area contributed by atoms with Crippen molar-refractivity contribution >= 4 is 11.9 Å². The third kappa shape index (κ3) is 6.47. The molecular formula is C49H63F2NO7. The molecule has 4 saturated carbocycles. The third-order valence-electron chi connectivity index (χ3n) is 16.9. The first-order valence-electron chi connectivity index (χ1n) is 21.9. The summed E-state index contributed by atoms with van der Waals surface area (Å²) >= 11 is 0.